The molecule has 0 unspecified atom stereocenters. The van der Waals surface area contributed by atoms with Crippen LogP contribution in [0.2, 0.25) is 0 Å². The highest BCUT2D eigenvalue weighted by atomic mass is 19.5. The molecule has 0 aliphatic carbocycles. The number of hydrogen-bond donors (Lipinski definition) is 0. The normalized spacial score (nSPS) is 18.0. The van der Waals surface area contributed by atoms with E-state index in [1.807, 2.05) is 0 Å². The molecule has 0 fully saturated rings. The predicted octanol–water partition coefficient (Wildman–Crippen LogP) is 2.11. The molecule has 0 aromatic rings. The van der Waals surface area contributed by atoms with Crippen molar-refractivity contribution in [2.45, 2.75) is 0 Å². The first-order valence-corrected chi connectivity index (χ1v) is 5.53. The van der Waals surface area contributed by atoms with E-state index in [-0.39, 0.29) is 0 Å². The first-order valence-electron chi connectivity index (χ1n) is 5.53. The molecule has 19 heavy (non-hydrogen) atoms. The Balaban J connectivity index is 0.000000312. The molecule has 0 amide bonds. The fraction of sp³-hybridized carbons (Fsp3) is 0.400. The minimum atomic E-state index is -6.00. The molecule has 0 saturated heterocycles. The van der Waals surface area contributed by atoms with Crippen LogP contribution in [0, 0.1) is 0 Å². The van der Waals surface area contributed by atoms with Crippen molar-refractivity contribution in [3.63, 3.8) is 0 Å². The van der Waals surface area contributed by atoms with Crippen molar-refractivity contribution < 1.29 is 17.3 Å². The van der Waals surface area contributed by atoms with E-state index in [0.717, 1.165) is 19.2 Å². The van der Waals surface area contributed by atoms with Gasteiger partial charge < -0.3 is 36.9 Å². The Labute approximate surface area is 110 Å². The highest BCUT2D eigenvalue weighted by Crippen LogP contribution is 2.18. The highest BCUT2D eigenvalue weighted by molar-refractivity contribution is 6.50. The average Bonchev–Trinajstić information content (AvgIpc) is 2.84. The molecule has 108 valence electrons. The minimum Gasteiger partial charge on any atom is -0.418 e. The Hall–Kier alpha value is -1.80. The van der Waals surface area contributed by atoms with Gasteiger partial charge in [-0.3, -0.25) is 0 Å². The first kappa shape index (κ1) is 15.3. The highest BCUT2D eigenvalue weighted by Gasteiger charge is 2.20. The zero-order valence-corrected chi connectivity index (χ0v) is 10.8. The minimum absolute atomic E-state index is 0.882. The van der Waals surface area contributed by atoms with Crippen LogP contribution in [-0.2, 0) is 0 Å². The second kappa shape index (κ2) is 5.90. The van der Waals surface area contributed by atoms with Crippen LogP contribution in [0.1, 0.15) is 0 Å². The summed E-state index contributed by atoms with van der Waals surface area (Å²) in [5.41, 5.74) is 0. The van der Waals surface area contributed by atoms with Gasteiger partial charge in [0.2, 0.25) is 0 Å². The van der Waals surface area contributed by atoms with E-state index in [0.29, 0.717) is 0 Å². The molecule has 4 nitrogen and oxygen atoms in total. The van der Waals surface area contributed by atoms with Gasteiger partial charge in [0.25, 0.3) is 0 Å². The molecule has 0 aromatic carbocycles. The summed E-state index contributed by atoms with van der Waals surface area (Å²) >= 11 is 0. The number of rotatable bonds is 2. The summed E-state index contributed by atoms with van der Waals surface area (Å²) in [4.78, 5) is 8.50. The van der Waals surface area contributed by atoms with Crippen molar-refractivity contribution >= 4 is 7.25 Å². The van der Waals surface area contributed by atoms with Crippen LogP contribution < -0.4 is 0 Å². The van der Waals surface area contributed by atoms with E-state index in [9.17, 15) is 17.3 Å². The topological polar surface area (TPSA) is 13.0 Å². The maximum absolute atomic E-state index is 9.75. The van der Waals surface area contributed by atoms with E-state index in [1.54, 1.807) is 0 Å². The standard InChI is InChI=1S/C10H16N4.BF4/c1-10(13-6-4-11(2)8-13)14-7-5-12(3)9-14;2-1(3,4)5/h4-7H,1,8-9H2,2-3H3;/q;-1. The van der Waals surface area contributed by atoms with Gasteiger partial charge in [-0.15, -0.1) is 0 Å². The predicted molar refractivity (Wildman–Crippen MR) is 66.5 cm³/mol. The van der Waals surface area contributed by atoms with Crippen LogP contribution >= 0.6 is 0 Å². The van der Waals surface area contributed by atoms with Gasteiger partial charge in [-0.1, -0.05) is 6.58 Å². The summed E-state index contributed by atoms with van der Waals surface area (Å²) in [6.07, 6.45) is 8.20. The fourth-order valence-electron chi connectivity index (χ4n) is 1.56. The Morgan fingerprint density at radius 3 is 1.42 bits per heavy atom. The zero-order valence-electron chi connectivity index (χ0n) is 10.8. The van der Waals surface area contributed by atoms with Crippen molar-refractivity contribution in [1.29, 1.82) is 0 Å². The van der Waals surface area contributed by atoms with Crippen LogP contribution in [0.3, 0.4) is 0 Å². The zero-order chi connectivity index (χ0) is 14.6. The van der Waals surface area contributed by atoms with Crippen LogP contribution in [0.25, 0.3) is 0 Å². The van der Waals surface area contributed by atoms with Gasteiger partial charge in [0.1, 0.15) is 5.82 Å². The molecule has 0 spiro atoms. The number of halogens is 4. The molecular weight excluding hydrogens is 263 g/mol. The van der Waals surface area contributed by atoms with Gasteiger partial charge >= 0.3 is 7.25 Å². The van der Waals surface area contributed by atoms with Gasteiger partial charge in [0.15, 0.2) is 0 Å². The summed E-state index contributed by atoms with van der Waals surface area (Å²) in [5, 5.41) is 0. The molecule has 2 rings (SSSR count). The Morgan fingerprint density at radius 1 is 0.895 bits per heavy atom. The van der Waals surface area contributed by atoms with Gasteiger partial charge in [-0.2, -0.15) is 0 Å². The molecule has 0 radical (unpaired) electrons. The molecule has 0 bridgehead atoms. The van der Waals surface area contributed by atoms with Crippen LogP contribution in [0.4, 0.5) is 17.3 Å². The molecule has 9 heteroatoms. The lowest BCUT2D eigenvalue weighted by molar-refractivity contribution is 0.248. The van der Waals surface area contributed by atoms with Gasteiger partial charge in [-0.25, -0.2) is 0 Å². The third-order valence-electron chi connectivity index (χ3n) is 2.42. The van der Waals surface area contributed by atoms with Crippen molar-refractivity contribution in [3.05, 3.63) is 37.2 Å². The number of nitrogens with zero attached hydrogens (tertiary/aromatic N) is 4. The fourth-order valence-corrected chi connectivity index (χ4v) is 1.56. The van der Waals surface area contributed by atoms with Crippen LogP contribution in [0.5, 0.6) is 0 Å². The van der Waals surface area contributed by atoms with E-state index in [1.165, 1.54) is 0 Å². The summed E-state index contributed by atoms with van der Waals surface area (Å²) in [7, 11) is -1.90. The van der Waals surface area contributed by atoms with Crippen molar-refractivity contribution in [2.75, 3.05) is 27.4 Å². The Kier molecular flexibility index (Phi) is 4.74. The SMILES string of the molecule is C=C(N1C=CN(C)C1)N1C=CN(C)C1.F[B-](F)(F)F. The van der Waals surface area contributed by atoms with Crippen molar-refractivity contribution in [2.24, 2.45) is 0 Å². The van der Waals surface area contributed by atoms with Crippen molar-refractivity contribution in [3.8, 4) is 0 Å². The molecule has 2 aliphatic heterocycles. The van der Waals surface area contributed by atoms with Crippen molar-refractivity contribution in [1.82, 2.24) is 19.6 Å². The third kappa shape index (κ3) is 5.58. The Morgan fingerprint density at radius 2 is 1.21 bits per heavy atom. The summed E-state index contributed by atoms with van der Waals surface area (Å²) in [5.74, 6) is 1.02. The second-order valence-electron chi connectivity index (χ2n) is 4.24. The summed E-state index contributed by atoms with van der Waals surface area (Å²) in [6, 6.07) is 0. The molecular formula is C10H16BF4N4-. The van der Waals surface area contributed by atoms with Gasteiger partial charge in [0.05, 0.1) is 13.3 Å². The third-order valence-corrected chi connectivity index (χ3v) is 2.42. The average molecular weight is 279 g/mol. The van der Waals surface area contributed by atoms with E-state index < -0.39 is 7.25 Å². The molecule has 2 heterocycles. The summed E-state index contributed by atoms with van der Waals surface area (Å²) in [6.45, 7) is 5.85. The van der Waals surface area contributed by atoms with E-state index in [2.05, 4.69) is 65.1 Å². The molecule has 0 saturated carbocycles. The number of hydrogen-bond acceptors (Lipinski definition) is 4. The molecule has 0 atom stereocenters. The smallest absolute Gasteiger partial charge is 0.418 e. The maximum atomic E-state index is 9.75. The van der Waals surface area contributed by atoms with Crippen LogP contribution in [-0.4, -0.2) is 54.3 Å². The van der Waals surface area contributed by atoms with Crippen LogP contribution in [0.15, 0.2) is 37.2 Å². The lowest BCUT2D eigenvalue weighted by Gasteiger charge is -2.27. The molecule has 0 N–H and O–H groups in total. The molecule has 2 aliphatic rings. The van der Waals surface area contributed by atoms with E-state index >= 15 is 0 Å². The lowest BCUT2D eigenvalue weighted by Crippen LogP contribution is -2.31. The van der Waals surface area contributed by atoms with Gasteiger partial charge in [0, 0.05) is 38.9 Å². The lowest BCUT2D eigenvalue weighted by atomic mass is 10.3. The van der Waals surface area contributed by atoms with E-state index in [4.69, 9.17) is 0 Å². The first-order chi connectivity index (χ1) is 8.66. The van der Waals surface area contributed by atoms with Gasteiger partial charge in [-0.05, 0) is 0 Å². The quantitative estimate of drug-likeness (QED) is 0.567. The Bertz CT molecular complexity index is 348. The second-order valence-corrected chi connectivity index (χ2v) is 4.24. The maximum Gasteiger partial charge on any atom is 0.673 e. The monoisotopic (exact) mass is 279 g/mol. The summed E-state index contributed by atoms with van der Waals surface area (Å²) < 4.78 is 39.0. The molecule has 0 aromatic heterocycles. The largest absolute Gasteiger partial charge is 0.673 e.